The molecule has 1 unspecified atom stereocenters. The van der Waals surface area contributed by atoms with Crippen LogP contribution in [0.15, 0.2) is 48.6 Å². The molecule has 0 amide bonds. The van der Waals surface area contributed by atoms with Gasteiger partial charge in [-0.05, 0) is 57.8 Å². The van der Waals surface area contributed by atoms with Crippen LogP contribution in [0.1, 0.15) is 323 Å². The molecule has 0 aromatic rings. The van der Waals surface area contributed by atoms with Gasteiger partial charge in [-0.3, -0.25) is 14.4 Å². The zero-order valence-corrected chi connectivity index (χ0v) is 46.8. The van der Waals surface area contributed by atoms with Gasteiger partial charge in [-0.1, -0.05) is 294 Å². The molecular weight excluding hydrogens is 865 g/mol. The Morgan fingerprint density at radius 2 is 0.557 bits per heavy atom. The van der Waals surface area contributed by atoms with E-state index in [0.717, 1.165) is 83.5 Å². The van der Waals surface area contributed by atoms with Gasteiger partial charge in [-0.25, -0.2) is 0 Å². The van der Waals surface area contributed by atoms with Crippen molar-refractivity contribution in [3.05, 3.63) is 48.6 Å². The van der Waals surface area contributed by atoms with Crippen molar-refractivity contribution >= 4 is 17.9 Å². The summed E-state index contributed by atoms with van der Waals surface area (Å²) in [6.45, 7) is 6.54. The maximum atomic E-state index is 12.9. The quantitative estimate of drug-likeness (QED) is 0.0261. The molecule has 6 heteroatoms. The number of unbranched alkanes of at least 4 members (excludes halogenated alkanes) is 37. The molecule has 0 aromatic carbocycles. The van der Waals surface area contributed by atoms with Gasteiger partial charge >= 0.3 is 17.9 Å². The third-order valence-electron chi connectivity index (χ3n) is 13.6. The lowest BCUT2D eigenvalue weighted by molar-refractivity contribution is -0.167. The third kappa shape index (κ3) is 56.3. The fourth-order valence-electron chi connectivity index (χ4n) is 9.02. The van der Waals surface area contributed by atoms with Crippen molar-refractivity contribution in [3.63, 3.8) is 0 Å². The summed E-state index contributed by atoms with van der Waals surface area (Å²) < 4.78 is 16.9. The van der Waals surface area contributed by atoms with E-state index in [1.807, 2.05) is 0 Å². The average molecular weight is 982 g/mol. The van der Waals surface area contributed by atoms with Gasteiger partial charge in [0.2, 0.25) is 0 Å². The number of carbonyl (C=O) groups excluding carboxylic acids is 3. The van der Waals surface area contributed by atoms with Gasteiger partial charge in [0.15, 0.2) is 6.10 Å². The first-order valence-corrected chi connectivity index (χ1v) is 30.6. The highest BCUT2D eigenvalue weighted by Gasteiger charge is 2.19. The van der Waals surface area contributed by atoms with Crippen molar-refractivity contribution in [1.29, 1.82) is 0 Å². The summed E-state index contributed by atoms with van der Waals surface area (Å²) in [6, 6.07) is 0. The minimum atomic E-state index is -0.787. The monoisotopic (exact) mass is 981 g/mol. The summed E-state index contributed by atoms with van der Waals surface area (Å²) >= 11 is 0. The van der Waals surface area contributed by atoms with Crippen LogP contribution >= 0.6 is 0 Å². The Labute approximate surface area is 435 Å². The van der Waals surface area contributed by atoms with E-state index in [1.54, 1.807) is 0 Å². The number of allylic oxidation sites excluding steroid dienone is 8. The van der Waals surface area contributed by atoms with Crippen LogP contribution in [0.25, 0.3) is 0 Å². The molecule has 0 aliphatic rings. The van der Waals surface area contributed by atoms with E-state index in [1.165, 1.54) is 199 Å². The zero-order valence-electron chi connectivity index (χ0n) is 46.8. The molecule has 0 saturated carbocycles. The van der Waals surface area contributed by atoms with Gasteiger partial charge in [0.1, 0.15) is 13.2 Å². The fraction of sp³-hybridized carbons (Fsp3) is 0.828. The van der Waals surface area contributed by atoms with Crippen molar-refractivity contribution in [2.75, 3.05) is 13.2 Å². The van der Waals surface area contributed by atoms with E-state index in [4.69, 9.17) is 14.2 Å². The van der Waals surface area contributed by atoms with Gasteiger partial charge in [0.25, 0.3) is 0 Å². The van der Waals surface area contributed by atoms with E-state index >= 15 is 0 Å². The van der Waals surface area contributed by atoms with Crippen LogP contribution < -0.4 is 0 Å². The van der Waals surface area contributed by atoms with Gasteiger partial charge in [-0.15, -0.1) is 0 Å². The van der Waals surface area contributed by atoms with Crippen LogP contribution in [0.3, 0.4) is 0 Å². The lowest BCUT2D eigenvalue weighted by atomic mass is 10.0. The molecule has 6 nitrogen and oxygen atoms in total. The second-order valence-electron chi connectivity index (χ2n) is 20.6. The Kier molecular flexibility index (Phi) is 56.7. The highest BCUT2D eigenvalue weighted by molar-refractivity contribution is 5.71. The van der Waals surface area contributed by atoms with Crippen LogP contribution in [0.5, 0.6) is 0 Å². The number of carbonyl (C=O) groups is 3. The van der Waals surface area contributed by atoms with Crippen molar-refractivity contribution in [2.24, 2.45) is 0 Å². The number of hydrogen-bond donors (Lipinski definition) is 0. The molecule has 0 saturated heterocycles. The number of ether oxygens (including phenoxy) is 3. The lowest BCUT2D eigenvalue weighted by Gasteiger charge is -2.18. The highest BCUT2D eigenvalue weighted by atomic mass is 16.6. The van der Waals surface area contributed by atoms with E-state index in [2.05, 4.69) is 69.4 Å². The van der Waals surface area contributed by atoms with Crippen molar-refractivity contribution in [1.82, 2.24) is 0 Å². The molecule has 0 aliphatic heterocycles. The molecule has 70 heavy (non-hydrogen) atoms. The zero-order chi connectivity index (χ0) is 50.7. The summed E-state index contributed by atoms with van der Waals surface area (Å²) in [5.74, 6) is -0.904. The van der Waals surface area contributed by atoms with E-state index in [0.29, 0.717) is 19.3 Å². The average Bonchev–Trinajstić information content (AvgIpc) is 3.36. The third-order valence-corrected chi connectivity index (χ3v) is 13.6. The van der Waals surface area contributed by atoms with Crippen molar-refractivity contribution in [3.8, 4) is 0 Å². The van der Waals surface area contributed by atoms with Gasteiger partial charge in [0, 0.05) is 19.3 Å². The predicted molar refractivity (Wildman–Crippen MR) is 302 cm³/mol. The SMILES string of the molecule is CC/C=C\C/C=C\C/C=C\C/C=C\CCCCC(=O)OCC(COC(=O)CCCCCCCCCCCCCCCCCCCCCCC)OC(=O)CCCCCCCCCCCCCCCCCC. The van der Waals surface area contributed by atoms with Gasteiger partial charge in [-0.2, -0.15) is 0 Å². The second-order valence-corrected chi connectivity index (χ2v) is 20.6. The highest BCUT2D eigenvalue weighted by Crippen LogP contribution is 2.17. The smallest absolute Gasteiger partial charge is 0.306 e. The maximum Gasteiger partial charge on any atom is 0.306 e. The summed E-state index contributed by atoms with van der Waals surface area (Å²) in [5.41, 5.74) is 0. The fourth-order valence-corrected chi connectivity index (χ4v) is 9.02. The molecule has 0 spiro atoms. The Hall–Kier alpha value is -2.63. The maximum absolute atomic E-state index is 12.9. The first-order valence-electron chi connectivity index (χ1n) is 30.6. The molecule has 0 radical (unpaired) electrons. The molecular formula is C64H116O6. The van der Waals surface area contributed by atoms with Crippen LogP contribution in [0.4, 0.5) is 0 Å². The molecule has 0 aromatic heterocycles. The molecule has 0 aliphatic carbocycles. The van der Waals surface area contributed by atoms with Crippen LogP contribution in [0, 0.1) is 0 Å². The van der Waals surface area contributed by atoms with Crippen molar-refractivity contribution < 1.29 is 28.6 Å². The first kappa shape index (κ1) is 67.4. The number of esters is 3. The van der Waals surface area contributed by atoms with Crippen LogP contribution in [0.2, 0.25) is 0 Å². The molecule has 0 fully saturated rings. The van der Waals surface area contributed by atoms with Gasteiger partial charge in [0.05, 0.1) is 0 Å². The minimum Gasteiger partial charge on any atom is -0.462 e. The Morgan fingerprint density at radius 1 is 0.300 bits per heavy atom. The predicted octanol–water partition coefficient (Wildman–Crippen LogP) is 20.6. The van der Waals surface area contributed by atoms with E-state index < -0.39 is 6.10 Å². The Morgan fingerprint density at radius 3 is 0.871 bits per heavy atom. The molecule has 0 bridgehead atoms. The molecule has 0 rings (SSSR count). The summed E-state index contributed by atoms with van der Waals surface area (Å²) in [4.78, 5) is 38.2. The molecule has 0 heterocycles. The molecule has 1 atom stereocenters. The van der Waals surface area contributed by atoms with E-state index in [-0.39, 0.29) is 31.1 Å². The Balaban J connectivity index is 4.34. The molecule has 408 valence electrons. The number of hydrogen-bond acceptors (Lipinski definition) is 6. The standard InChI is InChI=1S/C64H116O6/c1-4-7-10-13-16-19-22-25-28-30-31-32-33-34-37-39-42-45-48-51-54-57-63(66)69-60-61(59-68-62(65)56-53-50-47-44-41-38-35-27-24-21-18-15-12-9-6-3)70-64(67)58-55-52-49-46-43-40-36-29-26-23-20-17-14-11-8-5-2/h9,12,18,21,27,35,41,44,61H,4-8,10-11,13-17,19-20,22-26,28-34,36-40,42-43,45-60H2,1-3H3/b12-9-,21-18-,35-27-,44-41-. The largest absolute Gasteiger partial charge is 0.462 e. The lowest BCUT2D eigenvalue weighted by Crippen LogP contribution is -2.30. The normalized spacial score (nSPS) is 12.3. The van der Waals surface area contributed by atoms with Gasteiger partial charge < -0.3 is 14.2 Å². The topological polar surface area (TPSA) is 78.9 Å². The van der Waals surface area contributed by atoms with E-state index in [9.17, 15) is 14.4 Å². The Bertz CT molecular complexity index is 1220. The molecule has 0 N–H and O–H groups in total. The van der Waals surface area contributed by atoms with Crippen LogP contribution in [-0.4, -0.2) is 37.2 Å². The minimum absolute atomic E-state index is 0.0815. The summed E-state index contributed by atoms with van der Waals surface area (Å²) in [5, 5.41) is 0. The van der Waals surface area contributed by atoms with Crippen molar-refractivity contribution in [2.45, 2.75) is 329 Å². The first-order chi connectivity index (χ1) is 34.5. The summed E-state index contributed by atoms with van der Waals surface area (Å²) in [7, 11) is 0. The summed E-state index contributed by atoms with van der Waals surface area (Å²) in [6.07, 6.45) is 72.6. The number of rotatable bonds is 56. The second kappa shape index (κ2) is 58.9. The van der Waals surface area contributed by atoms with Crippen LogP contribution in [-0.2, 0) is 28.6 Å².